The standard InChI is InChI=1S/C22H21ClN2O3/c23-17-6-2-1-5-16(17)19-8-9-20(28-19)22(27)25-13-10-15(11-14-25)21(26)18-7-3-4-12-24-18/h1-9,12,15,21,26H,10-11,13-14H2/t21-/m1/s1. The predicted octanol–water partition coefficient (Wildman–Crippen LogP) is 4.58. The summed E-state index contributed by atoms with van der Waals surface area (Å²) in [7, 11) is 0. The Kier molecular flexibility index (Phi) is 5.46. The number of rotatable bonds is 4. The van der Waals surface area contributed by atoms with Gasteiger partial charge in [0.25, 0.3) is 5.91 Å². The van der Waals surface area contributed by atoms with Crippen molar-refractivity contribution in [3.8, 4) is 11.3 Å². The number of hydrogen-bond acceptors (Lipinski definition) is 4. The molecular weight excluding hydrogens is 376 g/mol. The third kappa shape index (κ3) is 3.81. The first-order valence-corrected chi connectivity index (χ1v) is 9.74. The van der Waals surface area contributed by atoms with E-state index in [2.05, 4.69) is 4.98 Å². The van der Waals surface area contributed by atoms with Crippen LogP contribution in [0.15, 0.2) is 65.2 Å². The second-order valence-corrected chi connectivity index (χ2v) is 7.38. The van der Waals surface area contributed by atoms with E-state index in [4.69, 9.17) is 16.0 Å². The minimum atomic E-state index is -0.603. The topological polar surface area (TPSA) is 66.6 Å². The highest BCUT2D eigenvalue weighted by Gasteiger charge is 2.30. The normalized spacial score (nSPS) is 16.1. The Morgan fingerprint density at radius 1 is 1.11 bits per heavy atom. The zero-order chi connectivity index (χ0) is 19.5. The summed E-state index contributed by atoms with van der Waals surface area (Å²) in [4.78, 5) is 18.8. The summed E-state index contributed by atoms with van der Waals surface area (Å²) in [6, 6.07) is 16.4. The van der Waals surface area contributed by atoms with Crippen molar-refractivity contribution in [3.63, 3.8) is 0 Å². The van der Waals surface area contributed by atoms with Crippen LogP contribution in [0, 0.1) is 5.92 Å². The van der Waals surface area contributed by atoms with Crippen LogP contribution in [-0.2, 0) is 0 Å². The van der Waals surface area contributed by atoms with Gasteiger partial charge in [-0.05, 0) is 55.2 Å². The molecule has 1 aromatic carbocycles. The Hall–Kier alpha value is -2.63. The Labute approximate surface area is 168 Å². The first-order chi connectivity index (χ1) is 13.6. The molecule has 0 radical (unpaired) electrons. The van der Waals surface area contributed by atoms with Crippen LogP contribution in [0.5, 0.6) is 0 Å². The van der Waals surface area contributed by atoms with Crippen LogP contribution < -0.4 is 0 Å². The molecule has 4 rings (SSSR count). The quantitative estimate of drug-likeness (QED) is 0.700. The number of hydrogen-bond donors (Lipinski definition) is 1. The number of aromatic nitrogens is 1. The number of halogens is 1. The lowest BCUT2D eigenvalue weighted by Gasteiger charge is -2.33. The monoisotopic (exact) mass is 396 g/mol. The molecule has 1 amide bonds. The minimum Gasteiger partial charge on any atom is -0.451 e. The number of aliphatic hydroxyl groups is 1. The van der Waals surface area contributed by atoms with E-state index in [0.29, 0.717) is 35.3 Å². The number of pyridine rings is 1. The second-order valence-electron chi connectivity index (χ2n) is 6.97. The molecule has 3 aromatic rings. The Morgan fingerprint density at radius 2 is 1.86 bits per heavy atom. The molecule has 1 atom stereocenters. The number of aliphatic hydroxyl groups excluding tert-OH is 1. The van der Waals surface area contributed by atoms with E-state index in [9.17, 15) is 9.90 Å². The lowest BCUT2D eigenvalue weighted by molar-refractivity contribution is 0.0429. The first-order valence-electron chi connectivity index (χ1n) is 9.36. The highest BCUT2D eigenvalue weighted by Crippen LogP contribution is 2.32. The Morgan fingerprint density at radius 3 is 2.57 bits per heavy atom. The number of amides is 1. The van der Waals surface area contributed by atoms with Gasteiger partial charge in [-0.3, -0.25) is 9.78 Å². The van der Waals surface area contributed by atoms with Gasteiger partial charge in [0, 0.05) is 24.8 Å². The van der Waals surface area contributed by atoms with Gasteiger partial charge in [0.05, 0.1) is 16.8 Å². The third-order valence-corrected chi connectivity index (χ3v) is 5.55. The molecule has 1 fully saturated rings. The van der Waals surface area contributed by atoms with E-state index in [-0.39, 0.29) is 11.8 Å². The fourth-order valence-electron chi connectivity index (χ4n) is 3.63. The summed E-state index contributed by atoms with van der Waals surface area (Å²) in [6.45, 7) is 1.16. The summed E-state index contributed by atoms with van der Waals surface area (Å²) in [5.74, 6) is 0.839. The molecule has 1 aliphatic heterocycles. The van der Waals surface area contributed by atoms with Crippen molar-refractivity contribution in [2.75, 3.05) is 13.1 Å². The molecule has 3 heterocycles. The van der Waals surface area contributed by atoms with Crippen molar-refractivity contribution in [2.24, 2.45) is 5.92 Å². The number of carbonyl (C=O) groups is 1. The predicted molar refractivity (Wildman–Crippen MR) is 107 cm³/mol. The molecule has 5 nitrogen and oxygen atoms in total. The Balaban J connectivity index is 1.40. The fourth-order valence-corrected chi connectivity index (χ4v) is 3.85. The summed E-state index contributed by atoms with van der Waals surface area (Å²) >= 11 is 6.21. The van der Waals surface area contributed by atoms with Crippen molar-refractivity contribution in [1.29, 1.82) is 0 Å². The molecular formula is C22H21ClN2O3. The molecule has 2 aromatic heterocycles. The van der Waals surface area contributed by atoms with E-state index in [1.165, 1.54) is 0 Å². The van der Waals surface area contributed by atoms with E-state index in [0.717, 1.165) is 18.4 Å². The van der Waals surface area contributed by atoms with Gasteiger partial charge in [0.2, 0.25) is 0 Å². The minimum absolute atomic E-state index is 0.0919. The molecule has 0 bridgehead atoms. The molecule has 0 unspecified atom stereocenters. The van der Waals surface area contributed by atoms with Gasteiger partial charge in [-0.25, -0.2) is 0 Å². The lowest BCUT2D eigenvalue weighted by Crippen LogP contribution is -2.39. The molecule has 0 spiro atoms. The maximum atomic E-state index is 12.8. The highest BCUT2D eigenvalue weighted by molar-refractivity contribution is 6.33. The number of carbonyl (C=O) groups excluding carboxylic acids is 1. The van der Waals surface area contributed by atoms with E-state index >= 15 is 0 Å². The third-order valence-electron chi connectivity index (χ3n) is 5.22. The first kappa shape index (κ1) is 18.7. The number of piperidine rings is 1. The number of furan rings is 1. The van der Waals surface area contributed by atoms with Gasteiger partial charge in [-0.15, -0.1) is 0 Å². The van der Waals surface area contributed by atoms with Gasteiger partial charge in [0.15, 0.2) is 5.76 Å². The van der Waals surface area contributed by atoms with Crippen molar-refractivity contribution in [2.45, 2.75) is 18.9 Å². The number of benzene rings is 1. The van der Waals surface area contributed by atoms with Gasteiger partial charge in [-0.2, -0.15) is 0 Å². The number of likely N-dealkylation sites (tertiary alicyclic amines) is 1. The summed E-state index contributed by atoms with van der Waals surface area (Å²) < 4.78 is 5.77. The summed E-state index contributed by atoms with van der Waals surface area (Å²) in [6.07, 6.45) is 2.53. The van der Waals surface area contributed by atoms with E-state index in [1.807, 2.05) is 36.4 Å². The summed E-state index contributed by atoms with van der Waals surface area (Å²) in [5.41, 5.74) is 1.45. The molecule has 1 aliphatic rings. The van der Waals surface area contributed by atoms with Crippen LogP contribution in [0.4, 0.5) is 0 Å². The molecule has 0 saturated carbocycles. The van der Waals surface area contributed by atoms with Gasteiger partial charge in [-0.1, -0.05) is 29.8 Å². The average molecular weight is 397 g/mol. The lowest BCUT2D eigenvalue weighted by atomic mass is 9.89. The van der Waals surface area contributed by atoms with Gasteiger partial charge >= 0.3 is 0 Å². The molecule has 28 heavy (non-hydrogen) atoms. The fraction of sp³-hybridized carbons (Fsp3) is 0.273. The van der Waals surface area contributed by atoms with Crippen molar-refractivity contribution in [1.82, 2.24) is 9.88 Å². The van der Waals surface area contributed by atoms with E-state index in [1.54, 1.807) is 29.3 Å². The van der Waals surface area contributed by atoms with Crippen molar-refractivity contribution < 1.29 is 14.3 Å². The van der Waals surface area contributed by atoms with Gasteiger partial charge in [0.1, 0.15) is 5.76 Å². The highest BCUT2D eigenvalue weighted by atomic mass is 35.5. The summed E-state index contributed by atoms with van der Waals surface area (Å²) in [5, 5.41) is 11.1. The van der Waals surface area contributed by atoms with Crippen LogP contribution in [0.25, 0.3) is 11.3 Å². The second kappa shape index (κ2) is 8.17. The van der Waals surface area contributed by atoms with Crippen molar-refractivity contribution >= 4 is 17.5 Å². The van der Waals surface area contributed by atoms with Crippen molar-refractivity contribution in [3.05, 3.63) is 77.3 Å². The number of nitrogens with zero attached hydrogens (tertiary/aromatic N) is 2. The average Bonchev–Trinajstić information content (AvgIpc) is 3.24. The SMILES string of the molecule is O=C(c1ccc(-c2ccccc2Cl)o1)N1CCC([C@@H](O)c2ccccn2)CC1. The largest absolute Gasteiger partial charge is 0.451 e. The zero-order valence-electron chi connectivity index (χ0n) is 15.3. The molecule has 0 aliphatic carbocycles. The molecule has 1 saturated heterocycles. The van der Waals surface area contributed by atoms with Gasteiger partial charge < -0.3 is 14.4 Å². The molecule has 1 N–H and O–H groups in total. The van der Waals surface area contributed by atoms with E-state index < -0.39 is 6.10 Å². The molecule has 6 heteroatoms. The smallest absolute Gasteiger partial charge is 0.289 e. The van der Waals surface area contributed by atoms with Crippen LogP contribution in [-0.4, -0.2) is 34.0 Å². The Bertz CT molecular complexity index is 949. The molecule has 144 valence electrons. The van der Waals surface area contributed by atoms with Crippen LogP contribution >= 0.6 is 11.6 Å². The van der Waals surface area contributed by atoms with Crippen LogP contribution in [0.1, 0.15) is 35.2 Å². The zero-order valence-corrected chi connectivity index (χ0v) is 16.0. The van der Waals surface area contributed by atoms with Crippen LogP contribution in [0.3, 0.4) is 0 Å². The maximum Gasteiger partial charge on any atom is 0.289 e. The van der Waals surface area contributed by atoms with Crippen LogP contribution in [0.2, 0.25) is 5.02 Å². The maximum absolute atomic E-state index is 12.8.